The number of rotatable bonds is 5. The Bertz CT molecular complexity index is 1160. The largest absolute Gasteiger partial charge is 0.497 e. The summed E-state index contributed by atoms with van der Waals surface area (Å²) in [4.78, 5) is 13.5. The van der Waals surface area contributed by atoms with Crippen molar-refractivity contribution in [1.29, 1.82) is 5.26 Å². The first-order chi connectivity index (χ1) is 15.5. The Kier molecular flexibility index (Phi) is 5.91. The molecule has 1 N–H and O–H groups in total. The van der Waals surface area contributed by atoms with Crippen LogP contribution in [0.1, 0.15) is 42.7 Å². The van der Waals surface area contributed by atoms with Crippen LogP contribution in [0.4, 0.5) is 0 Å². The number of nitriles is 1. The van der Waals surface area contributed by atoms with E-state index in [1.807, 2.05) is 49.4 Å². The number of Topliss-reactive ketones (excluding diaryl/α,β-unsaturated/α-hetero) is 1. The molecular weight excluding hydrogens is 404 g/mol. The Balaban J connectivity index is 1.80. The molecule has 0 unspecified atom stereocenters. The molecule has 0 saturated carbocycles. The second kappa shape index (κ2) is 8.80. The fourth-order valence-corrected chi connectivity index (χ4v) is 4.75. The zero-order chi connectivity index (χ0) is 22.8. The lowest BCUT2D eigenvalue weighted by Gasteiger charge is -2.36. The van der Waals surface area contributed by atoms with Gasteiger partial charge in [0.2, 0.25) is 0 Å². The molecule has 0 saturated heterocycles. The van der Waals surface area contributed by atoms with Gasteiger partial charge in [-0.05, 0) is 43.0 Å². The van der Waals surface area contributed by atoms with E-state index in [2.05, 4.69) is 11.4 Å². The van der Waals surface area contributed by atoms with E-state index in [-0.39, 0.29) is 11.7 Å². The van der Waals surface area contributed by atoms with E-state index >= 15 is 0 Å². The number of carbonyl (C=O) groups excluding carboxylic acids is 1. The second-order valence-electron chi connectivity index (χ2n) is 7.98. The minimum Gasteiger partial charge on any atom is -0.497 e. The zero-order valence-electron chi connectivity index (χ0n) is 18.7. The molecule has 0 fully saturated rings. The number of ketones is 1. The lowest BCUT2D eigenvalue weighted by Crippen LogP contribution is -2.33. The Hall–Kier alpha value is -3.72. The summed E-state index contributed by atoms with van der Waals surface area (Å²) in [6, 6.07) is 15.7. The number of ether oxygens (including phenoxy) is 3. The highest BCUT2D eigenvalue weighted by atomic mass is 16.5. The summed E-state index contributed by atoms with van der Waals surface area (Å²) in [6.45, 7) is 1.88. The Morgan fingerprint density at radius 1 is 1.00 bits per heavy atom. The number of nitrogens with zero attached hydrogens (tertiary/aromatic N) is 1. The van der Waals surface area contributed by atoms with Gasteiger partial charge in [-0.25, -0.2) is 0 Å². The first-order valence-corrected chi connectivity index (χ1v) is 10.5. The molecule has 1 heterocycles. The van der Waals surface area contributed by atoms with Crippen molar-refractivity contribution in [3.8, 4) is 23.3 Å². The standard InChI is InChI=1S/C26H26N2O4/c1-15-20(14-27)24(19-6-5-7-23(31-3)26(19)32-4)25-21(28-15)12-17(13-22(25)29)16-8-10-18(30-2)11-9-16/h5-11,17,24,28H,12-13H2,1-4H3/t17-,24-/m0/s1. The number of dihydropyridines is 1. The zero-order valence-corrected chi connectivity index (χ0v) is 18.7. The predicted octanol–water partition coefficient (Wildman–Crippen LogP) is 4.60. The van der Waals surface area contributed by atoms with Crippen LogP contribution >= 0.6 is 0 Å². The number of hydrogen-bond donors (Lipinski definition) is 1. The lowest BCUT2D eigenvalue weighted by atomic mass is 9.72. The third-order valence-electron chi connectivity index (χ3n) is 6.28. The molecule has 6 nitrogen and oxygen atoms in total. The maximum Gasteiger partial charge on any atom is 0.164 e. The molecule has 164 valence electrons. The predicted molar refractivity (Wildman–Crippen MR) is 121 cm³/mol. The monoisotopic (exact) mass is 430 g/mol. The van der Waals surface area contributed by atoms with Gasteiger partial charge in [0.25, 0.3) is 0 Å². The molecule has 32 heavy (non-hydrogen) atoms. The number of carbonyl (C=O) groups is 1. The quantitative estimate of drug-likeness (QED) is 0.747. The van der Waals surface area contributed by atoms with Crippen LogP contribution in [0.15, 0.2) is 65.0 Å². The van der Waals surface area contributed by atoms with Gasteiger partial charge in [-0.3, -0.25) is 4.79 Å². The number of nitrogens with one attached hydrogen (secondary N) is 1. The third-order valence-corrected chi connectivity index (χ3v) is 6.28. The normalized spacial score (nSPS) is 20.3. The summed E-state index contributed by atoms with van der Waals surface area (Å²) in [6.07, 6.45) is 1.07. The first-order valence-electron chi connectivity index (χ1n) is 10.5. The number of hydrogen-bond acceptors (Lipinski definition) is 6. The number of methoxy groups -OCH3 is 3. The van der Waals surface area contributed by atoms with Crippen molar-refractivity contribution >= 4 is 5.78 Å². The van der Waals surface area contributed by atoms with Crippen LogP contribution < -0.4 is 19.5 Å². The molecule has 1 aliphatic heterocycles. The minimum absolute atomic E-state index is 0.0368. The average molecular weight is 431 g/mol. The van der Waals surface area contributed by atoms with Gasteiger partial charge in [-0.2, -0.15) is 5.26 Å². The van der Waals surface area contributed by atoms with Crippen LogP contribution in [0.5, 0.6) is 17.2 Å². The molecule has 6 heteroatoms. The van der Waals surface area contributed by atoms with Crippen LogP contribution in [-0.2, 0) is 4.79 Å². The van der Waals surface area contributed by atoms with Gasteiger partial charge in [-0.1, -0.05) is 24.3 Å². The van der Waals surface area contributed by atoms with Crippen LogP contribution in [0.25, 0.3) is 0 Å². The SMILES string of the molecule is COc1ccc([C@@H]2CC(=O)C3=C(C2)NC(C)=C(C#N)[C@@H]3c2cccc(OC)c2OC)cc1. The van der Waals surface area contributed by atoms with Crippen molar-refractivity contribution in [1.82, 2.24) is 5.32 Å². The summed E-state index contributed by atoms with van der Waals surface area (Å²) in [7, 11) is 4.78. The van der Waals surface area contributed by atoms with Gasteiger partial charge in [0.1, 0.15) is 5.75 Å². The summed E-state index contributed by atoms with van der Waals surface area (Å²) in [5.41, 5.74) is 4.64. The van der Waals surface area contributed by atoms with Crippen LogP contribution in [-0.4, -0.2) is 27.1 Å². The Morgan fingerprint density at radius 3 is 2.38 bits per heavy atom. The molecule has 0 amide bonds. The Labute approximate surface area is 188 Å². The summed E-state index contributed by atoms with van der Waals surface area (Å²) in [5.74, 6) is 1.50. The number of benzene rings is 2. The van der Waals surface area contributed by atoms with E-state index in [0.29, 0.717) is 35.5 Å². The van der Waals surface area contributed by atoms with Crippen molar-refractivity contribution in [2.75, 3.05) is 21.3 Å². The maximum absolute atomic E-state index is 13.5. The molecule has 0 radical (unpaired) electrons. The molecule has 0 bridgehead atoms. The fraction of sp³-hybridized carbons (Fsp3) is 0.308. The van der Waals surface area contributed by atoms with Crippen molar-refractivity contribution in [2.24, 2.45) is 0 Å². The summed E-state index contributed by atoms with van der Waals surface area (Å²) in [5, 5.41) is 13.3. The molecule has 2 aromatic carbocycles. The van der Waals surface area contributed by atoms with E-state index < -0.39 is 5.92 Å². The average Bonchev–Trinajstić information content (AvgIpc) is 2.82. The smallest absolute Gasteiger partial charge is 0.164 e. The molecule has 4 rings (SSSR count). The van der Waals surface area contributed by atoms with Gasteiger partial charge in [0.15, 0.2) is 17.3 Å². The van der Waals surface area contributed by atoms with Crippen molar-refractivity contribution in [3.05, 3.63) is 76.1 Å². The lowest BCUT2D eigenvalue weighted by molar-refractivity contribution is -0.116. The van der Waals surface area contributed by atoms with Crippen LogP contribution in [0.2, 0.25) is 0 Å². The molecule has 1 aliphatic carbocycles. The van der Waals surface area contributed by atoms with Crippen molar-refractivity contribution in [2.45, 2.75) is 31.6 Å². The highest BCUT2D eigenvalue weighted by Crippen LogP contribution is 2.48. The van der Waals surface area contributed by atoms with Gasteiger partial charge < -0.3 is 19.5 Å². The molecule has 2 aromatic rings. The highest BCUT2D eigenvalue weighted by Gasteiger charge is 2.40. The summed E-state index contributed by atoms with van der Waals surface area (Å²) < 4.78 is 16.4. The molecule has 2 aliphatic rings. The van der Waals surface area contributed by atoms with Gasteiger partial charge in [0.05, 0.1) is 38.9 Å². The topological polar surface area (TPSA) is 80.6 Å². The van der Waals surface area contributed by atoms with E-state index in [0.717, 1.165) is 28.3 Å². The second-order valence-corrected chi connectivity index (χ2v) is 7.98. The third kappa shape index (κ3) is 3.60. The molecule has 2 atom stereocenters. The molecular formula is C26H26N2O4. The fourth-order valence-electron chi connectivity index (χ4n) is 4.75. The van der Waals surface area contributed by atoms with Gasteiger partial charge in [0, 0.05) is 29.0 Å². The van der Waals surface area contributed by atoms with Crippen LogP contribution in [0, 0.1) is 11.3 Å². The van der Waals surface area contributed by atoms with Crippen molar-refractivity contribution in [3.63, 3.8) is 0 Å². The molecule has 0 aromatic heterocycles. The first kappa shape index (κ1) is 21.5. The number of allylic oxidation sites excluding steroid dienone is 4. The van der Waals surface area contributed by atoms with E-state index in [1.165, 1.54) is 0 Å². The maximum atomic E-state index is 13.5. The summed E-state index contributed by atoms with van der Waals surface area (Å²) >= 11 is 0. The number of para-hydroxylation sites is 1. The van der Waals surface area contributed by atoms with Gasteiger partial charge >= 0.3 is 0 Å². The van der Waals surface area contributed by atoms with Gasteiger partial charge in [-0.15, -0.1) is 0 Å². The highest BCUT2D eigenvalue weighted by molar-refractivity contribution is 6.00. The van der Waals surface area contributed by atoms with E-state index in [4.69, 9.17) is 14.2 Å². The Morgan fingerprint density at radius 2 is 1.75 bits per heavy atom. The molecule has 0 spiro atoms. The van der Waals surface area contributed by atoms with E-state index in [9.17, 15) is 10.1 Å². The van der Waals surface area contributed by atoms with E-state index in [1.54, 1.807) is 21.3 Å². The minimum atomic E-state index is -0.495. The van der Waals surface area contributed by atoms with Crippen molar-refractivity contribution < 1.29 is 19.0 Å². The van der Waals surface area contributed by atoms with Crippen LogP contribution in [0.3, 0.4) is 0 Å².